The predicted molar refractivity (Wildman–Crippen MR) is 90.0 cm³/mol. The molecule has 7 nitrogen and oxygen atoms in total. The van der Waals surface area contributed by atoms with E-state index in [0.717, 1.165) is 34.5 Å². The van der Waals surface area contributed by atoms with Crippen LogP contribution in [0.2, 0.25) is 0 Å². The van der Waals surface area contributed by atoms with Crippen molar-refractivity contribution in [2.45, 2.75) is 27.2 Å². The Balaban J connectivity index is 1.78. The van der Waals surface area contributed by atoms with Crippen LogP contribution in [0.25, 0.3) is 22.7 Å². The summed E-state index contributed by atoms with van der Waals surface area (Å²) in [5.74, 6) is 0.542. The molecule has 0 fully saturated rings. The van der Waals surface area contributed by atoms with Gasteiger partial charge >= 0.3 is 0 Å². The van der Waals surface area contributed by atoms with E-state index in [1.54, 1.807) is 23.3 Å². The van der Waals surface area contributed by atoms with Gasteiger partial charge in [0.1, 0.15) is 0 Å². The molecule has 0 spiro atoms. The molecule has 7 heteroatoms. The topological polar surface area (TPSA) is 73.8 Å². The van der Waals surface area contributed by atoms with Gasteiger partial charge in [-0.1, -0.05) is 6.92 Å². The van der Waals surface area contributed by atoms with Gasteiger partial charge in [0.25, 0.3) is 0 Å². The van der Waals surface area contributed by atoms with Crippen molar-refractivity contribution >= 4 is 5.65 Å². The SMILES string of the molecule is CCc1cn2ncc(-c3cnn(-c4ncc(C)cn4)c3)c2nc1C. The van der Waals surface area contributed by atoms with Crippen LogP contribution >= 0.6 is 0 Å². The number of nitrogens with zero attached hydrogens (tertiary/aromatic N) is 7. The number of rotatable bonds is 3. The minimum absolute atomic E-state index is 0.542. The van der Waals surface area contributed by atoms with Gasteiger partial charge in [-0.3, -0.25) is 0 Å². The standard InChI is InChI=1S/C17H17N7/c1-4-13-9-23-16(22-12(13)3)15(8-21-23)14-7-20-24(10-14)17-18-5-11(2)6-19-17/h5-10H,4H2,1-3H3. The number of aromatic nitrogens is 7. The van der Waals surface area contributed by atoms with Gasteiger partial charge in [-0.2, -0.15) is 10.2 Å². The fourth-order valence-corrected chi connectivity index (χ4v) is 2.66. The van der Waals surface area contributed by atoms with Gasteiger partial charge < -0.3 is 0 Å². The van der Waals surface area contributed by atoms with E-state index in [9.17, 15) is 0 Å². The molecule has 0 saturated carbocycles. The minimum atomic E-state index is 0.542. The summed E-state index contributed by atoms with van der Waals surface area (Å²) in [5, 5.41) is 8.79. The van der Waals surface area contributed by atoms with Crippen molar-refractivity contribution in [1.29, 1.82) is 0 Å². The molecule has 0 atom stereocenters. The average Bonchev–Trinajstić information content (AvgIpc) is 3.21. The third-order valence-electron chi connectivity index (χ3n) is 4.03. The lowest BCUT2D eigenvalue weighted by Crippen LogP contribution is -2.00. The fraction of sp³-hybridized carbons (Fsp3) is 0.235. The van der Waals surface area contributed by atoms with Crippen LogP contribution in [0, 0.1) is 13.8 Å². The Morgan fingerprint density at radius 3 is 2.50 bits per heavy atom. The number of aryl methyl sites for hydroxylation is 3. The van der Waals surface area contributed by atoms with E-state index in [-0.39, 0.29) is 0 Å². The predicted octanol–water partition coefficient (Wildman–Crippen LogP) is 2.55. The molecule has 4 heterocycles. The first-order chi connectivity index (χ1) is 11.7. The van der Waals surface area contributed by atoms with Gasteiger partial charge in [-0.15, -0.1) is 0 Å². The summed E-state index contributed by atoms with van der Waals surface area (Å²) in [4.78, 5) is 13.3. The Morgan fingerprint density at radius 1 is 0.958 bits per heavy atom. The second-order valence-corrected chi connectivity index (χ2v) is 5.77. The van der Waals surface area contributed by atoms with Crippen molar-refractivity contribution in [3.05, 3.63) is 54.0 Å². The van der Waals surface area contributed by atoms with E-state index in [1.807, 2.05) is 37.0 Å². The van der Waals surface area contributed by atoms with E-state index in [0.29, 0.717) is 5.95 Å². The molecule has 0 aliphatic heterocycles. The van der Waals surface area contributed by atoms with Crippen LogP contribution in [0.3, 0.4) is 0 Å². The summed E-state index contributed by atoms with van der Waals surface area (Å²) < 4.78 is 3.48. The molecule has 0 N–H and O–H groups in total. The normalized spacial score (nSPS) is 11.3. The van der Waals surface area contributed by atoms with Gasteiger partial charge in [0.05, 0.1) is 12.4 Å². The van der Waals surface area contributed by atoms with Crippen molar-refractivity contribution in [3.63, 3.8) is 0 Å². The molecule has 0 aliphatic carbocycles. The molecular formula is C17H17N7. The first-order valence-corrected chi connectivity index (χ1v) is 7.83. The molecule has 0 amide bonds. The van der Waals surface area contributed by atoms with E-state index in [1.165, 1.54) is 5.56 Å². The first-order valence-electron chi connectivity index (χ1n) is 7.83. The molecule has 4 aromatic rings. The summed E-state index contributed by atoms with van der Waals surface area (Å²) in [6.07, 6.45) is 12.0. The molecule has 0 aliphatic rings. The van der Waals surface area contributed by atoms with Crippen LogP contribution < -0.4 is 0 Å². The largest absolute Gasteiger partial charge is 0.250 e. The van der Waals surface area contributed by atoms with E-state index in [2.05, 4.69) is 27.1 Å². The fourth-order valence-electron chi connectivity index (χ4n) is 2.66. The van der Waals surface area contributed by atoms with Gasteiger partial charge in [0, 0.05) is 41.6 Å². The molecule has 0 bridgehead atoms. The van der Waals surface area contributed by atoms with Gasteiger partial charge in [0.15, 0.2) is 5.65 Å². The Bertz CT molecular complexity index is 1010. The zero-order valence-electron chi connectivity index (χ0n) is 13.8. The lowest BCUT2D eigenvalue weighted by Gasteiger charge is -2.03. The highest BCUT2D eigenvalue weighted by atomic mass is 15.3. The first kappa shape index (κ1) is 14.5. The monoisotopic (exact) mass is 319 g/mol. The molecule has 0 saturated heterocycles. The molecule has 24 heavy (non-hydrogen) atoms. The molecular weight excluding hydrogens is 302 g/mol. The van der Waals surface area contributed by atoms with Gasteiger partial charge in [0.2, 0.25) is 5.95 Å². The summed E-state index contributed by atoms with van der Waals surface area (Å²) in [6.45, 7) is 6.10. The zero-order valence-corrected chi connectivity index (χ0v) is 13.8. The molecule has 120 valence electrons. The summed E-state index contributed by atoms with van der Waals surface area (Å²) in [6, 6.07) is 0. The Morgan fingerprint density at radius 2 is 1.75 bits per heavy atom. The number of fused-ring (bicyclic) bond motifs is 1. The van der Waals surface area contributed by atoms with Crippen LogP contribution in [0.1, 0.15) is 23.7 Å². The van der Waals surface area contributed by atoms with Crippen molar-refractivity contribution in [1.82, 2.24) is 34.3 Å². The number of hydrogen-bond donors (Lipinski definition) is 0. The Kier molecular flexibility index (Phi) is 3.34. The maximum Gasteiger partial charge on any atom is 0.250 e. The minimum Gasteiger partial charge on any atom is -0.233 e. The second kappa shape index (κ2) is 5.52. The third-order valence-corrected chi connectivity index (χ3v) is 4.03. The zero-order chi connectivity index (χ0) is 16.7. The Labute approximate surface area is 139 Å². The lowest BCUT2D eigenvalue weighted by molar-refractivity contribution is 0.805. The van der Waals surface area contributed by atoms with E-state index >= 15 is 0 Å². The highest BCUT2D eigenvalue weighted by Crippen LogP contribution is 2.24. The van der Waals surface area contributed by atoms with Crippen LogP contribution in [0.15, 0.2) is 37.2 Å². The number of hydrogen-bond acceptors (Lipinski definition) is 5. The molecule has 0 radical (unpaired) electrons. The lowest BCUT2D eigenvalue weighted by atomic mass is 10.1. The molecule has 0 unspecified atom stereocenters. The van der Waals surface area contributed by atoms with E-state index in [4.69, 9.17) is 4.98 Å². The van der Waals surface area contributed by atoms with Crippen molar-refractivity contribution in [3.8, 4) is 17.1 Å². The Hall–Kier alpha value is -3.09. The maximum absolute atomic E-state index is 4.71. The molecule has 4 rings (SSSR count). The second-order valence-electron chi connectivity index (χ2n) is 5.77. The smallest absolute Gasteiger partial charge is 0.233 e. The summed E-state index contributed by atoms with van der Waals surface area (Å²) >= 11 is 0. The third kappa shape index (κ3) is 2.34. The van der Waals surface area contributed by atoms with Crippen molar-refractivity contribution < 1.29 is 0 Å². The van der Waals surface area contributed by atoms with Gasteiger partial charge in [-0.25, -0.2) is 24.1 Å². The van der Waals surface area contributed by atoms with Crippen molar-refractivity contribution in [2.75, 3.05) is 0 Å². The van der Waals surface area contributed by atoms with Crippen LogP contribution in [0.5, 0.6) is 0 Å². The van der Waals surface area contributed by atoms with Crippen LogP contribution in [-0.2, 0) is 6.42 Å². The van der Waals surface area contributed by atoms with Gasteiger partial charge in [-0.05, 0) is 31.4 Å². The quantitative estimate of drug-likeness (QED) is 0.580. The highest BCUT2D eigenvalue weighted by molar-refractivity contribution is 5.76. The summed E-state index contributed by atoms with van der Waals surface area (Å²) in [7, 11) is 0. The maximum atomic E-state index is 4.71. The van der Waals surface area contributed by atoms with Crippen molar-refractivity contribution in [2.24, 2.45) is 0 Å². The molecule has 4 aromatic heterocycles. The summed E-state index contributed by atoms with van der Waals surface area (Å²) in [5.41, 5.74) is 5.94. The van der Waals surface area contributed by atoms with Crippen LogP contribution in [-0.4, -0.2) is 34.3 Å². The van der Waals surface area contributed by atoms with E-state index < -0.39 is 0 Å². The molecule has 0 aromatic carbocycles. The van der Waals surface area contributed by atoms with Crippen LogP contribution in [0.4, 0.5) is 0 Å². The highest BCUT2D eigenvalue weighted by Gasteiger charge is 2.13. The average molecular weight is 319 g/mol.